The van der Waals surface area contributed by atoms with E-state index < -0.39 is 0 Å². The van der Waals surface area contributed by atoms with Crippen molar-refractivity contribution >= 4 is 21.6 Å². The van der Waals surface area contributed by atoms with Crippen LogP contribution in [0.3, 0.4) is 0 Å². The smallest absolute Gasteiger partial charge is 0.147 e. The number of hydrogen-bond acceptors (Lipinski definition) is 2. The van der Waals surface area contributed by atoms with Crippen molar-refractivity contribution in [2.45, 2.75) is 18.9 Å². The van der Waals surface area contributed by atoms with Crippen LogP contribution in [0.1, 0.15) is 23.6 Å². The number of rotatable bonds is 2. The lowest BCUT2D eigenvalue weighted by Gasteiger charge is -2.16. The number of fused-ring (bicyclic) bond motifs is 1. The molecule has 3 rings (SSSR count). The number of phenolic OH excluding ortho intramolecular Hbond substituents is 1. The zero-order chi connectivity index (χ0) is 13.4. The Labute approximate surface area is 119 Å². The maximum Gasteiger partial charge on any atom is 0.147 e. The molecule has 1 unspecified atom stereocenters. The van der Waals surface area contributed by atoms with E-state index >= 15 is 0 Å². The third kappa shape index (κ3) is 2.45. The van der Waals surface area contributed by atoms with Crippen LogP contribution in [0.5, 0.6) is 5.75 Å². The first-order chi connectivity index (χ1) is 9.13. The number of halogens is 2. The number of nitrogens with one attached hydrogen (secondary N) is 1. The van der Waals surface area contributed by atoms with Gasteiger partial charge in [-0.15, -0.1) is 0 Å². The summed E-state index contributed by atoms with van der Waals surface area (Å²) in [6.07, 6.45) is 1.81. The number of aryl methyl sites for hydroxylation is 1. The minimum Gasteiger partial charge on any atom is -0.508 e. The van der Waals surface area contributed by atoms with E-state index in [4.69, 9.17) is 0 Å². The fraction of sp³-hybridized carbons (Fsp3) is 0.200. The molecule has 0 spiro atoms. The molecule has 0 saturated heterocycles. The average Bonchev–Trinajstić information content (AvgIpc) is 2.75. The molecule has 0 radical (unpaired) electrons. The number of benzene rings is 2. The zero-order valence-electron chi connectivity index (χ0n) is 10.2. The van der Waals surface area contributed by atoms with Crippen molar-refractivity contribution in [3.8, 4) is 5.75 Å². The second-order valence-electron chi connectivity index (χ2n) is 4.74. The van der Waals surface area contributed by atoms with E-state index in [-0.39, 0.29) is 17.6 Å². The first kappa shape index (κ1) is 12.5. The molecule has 0 aromatic heterocycles. The standard InChI is InChI=1S/C15H13BrFNO/c16-10-2-6-15(13(17)8-10)18-14-5-1-9-7-11(19)3-4-12(9)14/h2-4,6-8,14,18-19H,1,5H2. The maximum absolute atomic E-state index is 13.8. The zero-order valence-corrected chi connectivity index (χ0v) is 11.7. The van der Waals surface area contributed by atoms with Gasteiger partial charge in [-0.05, 0) is 54.3 Å². The van der Waals surface area contributed by atoms with Gasteiger partial charge >= 0.3 is 0 Å². The van der Waals surface area contributed by atoms with Crippen molar-refractivity contribution in [3.05, 3.63) is 57.8 Å². The van der Waals surface area contributed by atoms with Gasteiger partial charge in [0, 0.05) is 4.47 Å². The minimum atomic E-state index is -0.262. The maximum atomic E-state index is 13.8. The number of anilines is 1. The molecular weight excluding hydrogens is 309 g/mol. The molecule has 2 aromatic carbocycles. The Morgan fingerprint density at radius 1 is 1.21 bits per heavy atom. The lowest BCUT2D eigenvalue weighted by Crippen LogP contribution is -2.08. The SMILES string of the molecule is Oc1ccc2c(c1)CCC2Nc1ccc(Br)cc1F. The van der Waals surface area contributed by atoms with Gasteiger partial charge in [-0.2, -0.15) is 0 Å². The van der Waals surface area contributed by atoms with E-state index in [1.807, 2.05) is 12.1 Å². The summed E-state index contributed by atoms with van der Waals surface area (Å²) in [6.45, 7) is 0. The van der Waals surface area contributed by atoms with Crippen LogP contribution >= 0.6 is 15.9 Å². The first-order valence-electron chi connectivity index (χ1n) is 6.17. The van der Waals surface area contributed by atoms with Crippen LogP contribution in [0.4, 0.5) is 10.1 Å². The topological polar surface area (TPSA) is 32.3 Å². The molecule has 0 amide bonds. The highest BCUT2D eigenvalue weighted by Crippen LogP contribution is 2.36. The summed E-state index contributed by atoms with van der Waals surface area (Å²) in [6, 6.07) is 10.5. The van der Waals surface area contributed by atoms with E-state index in [0.29, 0.717) is 5.69 Å². The third-order valence-corrected chi connectivity index (χ3v) is 3.96. The van der Waals surface area contributed by atoms with Gasteiger partial charge in [-0.25, -0.2) is 4.39 Å². The van der Waals surface area contributed by atoms with Gasteiger partial charge in [-0.3, -0.25) is 0 Å². The monoisotopic (exact) mass is 321 g/mol. The highest BCUT2D eigenvalue weighted by atomic mass is 79.9. The van der Waals surface area contributed by atoms with Gasteiger partial charge < -0.3 is 10.4 Å². The summed E-state index contributed by atoms with van der Waals surface area (Å²) < 4.78 is 14.5. The molecule has 1 atom stereocenters. The second kappa shape index (κ2) is 4.85. The molecule has 98 valence electrons. The van der Waals surface area contributed by atoms with Gasteiger partial charge in [0.2, 0.25) is 0 Å². The number of hydrogen-bond donors (Lipinski definition) is 2. The Balaban J connectivity index is 1.86. The van der Waals surface area contributed by atoms with Crippen molar-refractivity contribution in [2.75, 3.05) is 5.32 Å². The van der Waals surface area contributed by atoms with Crippen molar-refractivity contribution in [1.82, 2.24) is 0 Å². The number of aromatic hydroxyl groups is 1. The van der Waals surface area contributed by atoms with Crippen molar-refractivity contribution < 1.29 is 9.50 Å². The quantitative estimate of drug-likeness (QED) is 0.859. The van der Waals surface area contributed by atoms with E-state index in [0.717, 1.165) is 28.4 Å². The molecule has 1 aliphatic carbocycles. The van der Waals surface area contributed by atoms with E-state index in [1.165, 1.54) is 6.07 Å². The lowest BCUT2D eigenvalue weighted by atomic mass is 10.1. The first-order valence-corrected chi connectivity index (χ1v) is 6.96. The summed E-state index contributed by atoms with van der Waals surface area (Å²) in [5.74, 6) is 0.0239. The largest absolute Gasteiger partial charge is 0.508 e. The molecule has 0 heterocycles. The van der Waals surface area contributed by atoms with Crippen LogP contribution in [-0.4, -0.2) is 5.11 Å². The van der Waals surface area contributed by atoms with Crippen LogP contribution in [0.2, 0.25) is 0 Å². The van der Waals surface area contributed by atoms with Gasteiger partial charge in [0.15, 0.2) is 0 Å². The Kier molecular flexibility index (Phi) is 3.19. The van der Waals surface area contributed by atoms with Gasteiger partial charge in [0.05, 0.1) is 11.7 Å². The molecule has 0 bridgehead atoms. The summed E-state index contributed by atoms with van der Waals surface area (Å²) in [4.78, 5) is 0. The Bertz CT molecular complexity index is 630. The van der Waals surface area contributed by atoms with Gasteiger partial charge in [0.1, 0.15) is 11.6 Å². The molecule has 4 heteroatoms. The lowest BCUT2D eigenvalue weighted by molar-refractivity contribution is 0.474. The summed E-state index contributed by atoms with van der Waals surface area (Å²) in [7, 11) is 0. The summed E-state index contributed by atoms with van der Waals surface area (Å²) in [5.41, 5.74) is 2.78. The fourth-order valence-corrected chi connectivity index (χ4v) is 2.88. The highest BCUT2D eigenvalue weighted by molar-refractivity contribution is 9.10. The predicted molar refractivity (Wildman–Crippen MR) is 76.9 cm³/mol. The van der Waals surface area contributed by atoms with Crippen LogP contribution in [0.25, 0.3) is 0 Å². The van der Waals surface area contributed by atoms with E-state index in [2.05, 4.69) is 21.2 Å². The molecule has 19 heavy (non-hydrogen) atoms. The molecule has 0 aliphatic heterocycles. The molecular formula is C15H13BrFNO. The van der Waals surface area contributed by atoms with Crippen LogP contribution in [-0.2, 0) is 6.42 Å². The van der Waals surface area contributed by atoms with Crippen LogP contribution < -0.4 is 5.32 Å². The Hall–Kier alpha value is -1.55. The van der Waals surface area contributed by atoms with Gasteiger partial charge in [0.25, 0.3) is 0 Å². The van der Waals surface area contributed by atoms with E-state index in [9.17, 15) is 9.50 Å². The van der Waals surface area contributed by atoms with Crippen molar-refractivity contribution in [1.29, 1.82) is 0 Å². The fourth-order valence-electron chi connectivity index (χ4n) is 2.55. The molecule has 0 fully saturated rings. The summed E-state index contributed by atoms with van der Waals surface area (Å²) >= 11 is 3.25. The minimum absolute atomic E-state index is 0.103. The third-order valence-electron chi connectivity index (χ3n) is 3.47. The average molecular weight is 322 g/mol. The molecule has 2 aromatic rings. The van der Waals surface area contributed by atoms with E-state index in [1.54, 1.807) is 18.2 Å². The number of phenols is 1. The summed E-state index contributed by atoms with van der Waals surface area (Å²) in [5, 5.41) is 12.7. The van der Waals surface area contributed by atoms with Gasteiger partial charge in [-0.1, -0.05) is 22.0 Å². The second-order valence-corrected chi connectivity index (χ2v) is 5.66. The normalized spacial score (nSPS) is 17.3. The predicted octanol–water partition coefficient (Wildman–Crippen LogP) is 4.39. The van der Waals surface area contributed by atoms with Crippen molar-refractivity contribution in [3.63, 3.8) is 0 Å². The highest BCUT2D eigenvalue weighted by Gasteiger charge is 2.23. The molecule has 0 saturated carbocycles. The molecule has 2 nitrogen and oxygen atoms in total. The molecule has 2 N–H and O–H groups in total. The molecule has 1 aliphatic rings. The Morgan fingerprint density at radius 3 is 2.84 bits per heavy atom. The van der Waals surface area contributed by atoms with Crippen LogP contribution in [0, 0.1) is 5.82 Å². The van der Waals surface area contributed by atoms with Crippen LogP contribution in [0.15, 0.2) is 40.9 Å². The van der Waals surface area contributed by atoms with Crippen molar-refractivity contribution in [2.24, 2.45) is 0 Å². The Morgan fingerprint density at radius 2 is 2.05 bits per heavy atom.